The highest BCUT2D eigenvalue weighted by Crippen LogP contribution is 2.23. The first-order chi connectivity index (χ1) is 15.4. The number of urea groups is 1. The van der Waals surface area contributed by atoms with E-state index >= 15 is 0 Å². The first-order valence-electron chi connectivity index (χ1n) is 10.8. The molecule has 0 unspecified atom stereocenters. The van der Waals surface area contributed by atoms with E-state index < -0.39 is 23.4 Å². The summed E-state index contributed by atoms with van der Waals surface area (Å²) in [4.78, 5) is 51.3. The van der Waals surface area contributed by atoms with Crippen molar-refractivity contribution in [3.63, 3.8) is 0 Å². The van der Waals surface area contributed by atoms with Gasteiger partial charge in [0.05, 0.1) is 6.42 Å². The summed E-state index contributed by atoms with van der Waals surface area (Å²) in [7, 11) is 0. The van der Waals surface area contributed by atoms with Crippen molar-refractivity contribution in [1.82, 2.24) is 15.8 Å². The van der Waals surface area contributed by atoms with Crippen LogP contribution in [0.4, 0.5) is 10.5 Å². The van der Waals surface area contributed by atoms with E-state index in [-0.39, 0.29) is 12.3 Å². The number of hydrogen-bond donors (Lipinski definition) is 2. The van der Waals surface area contributed by atoms with Crippen LogP contribution in [-0.4, -0.2) is 40.8 Å². The highest BCUT2D eigenvalue weighted by atomic mass is 16.2. The van der Waals surface area contributed by atoms with Gasteiger partial charge >= 0.3 is 6.03 Å². The van der Waals surface area contributed by atoms with E-state index in [9.17, 15) is 19.2 Å². The van der Waals surface area contributed by atoms with Gasteiger partial charge in [0.2, 0.25) is 11.8 Å². The molecular formula is C24H26N4O4. The molecule has 0 bridgehead atoms. The highest BCUT2D eigenvalue weighted by molar-refractivity contribution is 6.07. The number of carbonyl (C=O) groups excluding carboxylic acids is 4. The number of anilines is 1. The fourth-order valence-corrected chi connectivity index (χ4v) is 4.06. The fraction of sp³-hybridized carbons (Fsp3) is 0.333. The van der Waals surface area contributed by atoms with Crippen LogP contribution in [-0.2, 0) is 27.2 Å². The van der Waals surface area contributed by atoms with Crippen molar-refractivity contribution in [3.05, 3.63) is 65.7 Å². The van der Waals surface area contributed by atoms with E-state index in [2.05, 4.69) is 10.7 Å². The van der Waals surface area contributed by atoms with Crippen LogP contribution >= 0.6 is 0 Å². The van der Waals surface area contributed by atoms with Crippen molar-refractivity contribution in [2.45, 2.75) is 44.6 Å². The van der Waals surface area contributed by atoms with Crippen molar-refractivity contribution in [2.75, 3.05) is 11.4 Å². The summed E-state index contributed by atoms with van der Waals surface area (Å²) in [6.45, 7) is 2.37. The molecule has 2 aliphatic rings. The number of nitrogens with one attached hydrogen (secondary N) is 2. The van der Waals surface area contributed by atoms with Crippen LogP contribution in [0.3, 0.4) is 0 Å². The number of imide groups is 1. The van der Waals surface area contributed by atoms with Crippen molar-refractivity contribution in [2.24, 2.45) is 0 Å². The number of aryl methyl sites for hydroxylation is 1. The maximum absolute atomic E-state index is 12.9. The summed E-state index contributed by atoms with van der Waals surface area (Å²) in [5.41, 5.74) is 3.94. The largest absolute Gasteiger partial charge is 0.344 e. The van der Waals surface area contributed by atoms with E-state index in [4.69, 9.17) is 0 Å². The molecule has 0 aromatic heterocycles. The Morgan fingerprint density at radius 2 is 1.75 bits per heavy atom. The molecule has 2 N–H and O–H groups in total. The molecule has 2 aliphatic heterocycles. The van der Waals surface area contributed by atoms with Crippen LogP contribution in [0.2, 0.25) is 0 Å². The lowest BCUT2D eigenvalue weighted by atomic mass is 9.93. The predicted octanol–water partition coefficient (Wildman–Crippen LogP) is 2.33. The van der Waals surface area contributed by atoms with Gasteiger partial charge in [0.1, 0.15) is 5.54 Å². The standard InChI is InChI=1S/C24H26N4O4/c1-24(14-13-17-6-3-2-4-7-17)22(31)28(23(32)25-24)26-20(29)16-18-9-11-19(12-10-18)27-15-5-8-21(27)30/h2-4,6-7,9-12H,5,8,13-16H2,1H3,(H,25,32)(H,26,29)/t24-/m0/s1. The number of carbonyl (C=O) groups is 4. The second kappa shape index (κ2) is 8.82. The molecule has 5 amide bonds. The zero-order valence-corrected chi connectivity index (χ0v) is 18.0. The lowest BCUT2D eigenvalue weighted by Crippen LogP contribution is -2.49. The Labute approximate surface area is 186 Å². The van der Waals surface area contributed by atoms with Crippen molar-refractivity contribution in [1.29, 1.82) is 0 Å². The van der Waals surface area contributed by atoms with Crippen LogP contribution in [0.1, 0.15) is 37.3 Å². The predicted molar refractivity (Wildman–Crippen MR) is 118 cm³/mol. The van der Waals surface area contributed by atoms with Crippen molar-refractivity contribution >= 4 is 29.4 Å². The topological polar surface area (TPSA) is 98.8 Å². The molecule has 2 saturated heterocycles. The second-order valence-electron chi connectivity index (χ2n) is 8.42. The second-order valence-corrected chi connectivity index (χ2v) is 8.42. The number of rotatable bonds is 7. The fourth-order valence-electron chi connectivity index (χ4n) is 4.06. The molecular weight excluding hydrogens is 408 g/mol. The van der Waals surface area contributed by atoms with E-state index in [0.29, 0.717) is 25.8 Å². The Morgan fingerprint density at radius 3 is 2.41 bits per heavy atom. The Kier molecular flexibility index (Phi) is 5.94. The molecule has 2 fully saturated rings. The summed E-state index contributed by atoms with van der Waals surface area (Å²) in [6.07, 6.45) is 2.45. The first-order valence-corrected chi connectivity index (χ1v) is 10.8. The molecule has 0 saturated carbocycles. The Hall–Kier alpha value is -3.68. The summed E-state index contributed by atoms with van der Waals surface area (Å²) in [6, 6.07) is 16.2. The average molecular weight is 434 g/mol. The molecule has 0 radical (unpaired) electrons. The summed E-state index contributed by atoms with van der Waals surface area (Å²) >= 11 is 0. The van der Waals surface area contributed by atoms with Gasteiger partial charge < -0.3 is 10.2 Å². The molecule has 0 aliphatic carbocycles. The number of hydrogen-bond acceptors (Lipinski definition) is 4. The van der Waals surface area contributed by atoms with Crippen LogP contribution < -0.4 is 15.6 Å². The molecule has 0 spiro atoms. The summed E-state index contributed by atoms with van der Waals surface area (Å²) < 4.78 is 0. The van der Waals surface area contributed by atoms with Gasteiger partial charge in [0.25, 0.3) is 5.91 Å². The van der Waals surface area contributed by atoms with Crippen LogP contribution in [0.25, 0.3) is 0 Å². The summed E-state index contributed by atoms with van der Waals surface area (Å²) in [5, 5.41) is 3.47. The van der Waals surface area contributed by atoms with E-state index in [1.165, 1.54) is 0 Å². The van der Waals surface area contributed by atoms with E-state index in [0.717, 1.165) is 28.2 Å². The number of amides is 5. The van der Waals surface area contributed by atoms with Gasteiger partial charge in [-0.1, -0.05) is 42.5 Å². The van der Waals surface area contributed by atoms with Gasteiger partial charge in [-0.15, -0.1) is 0 Å². The molecule has 2 heterocycles. The van der Waals surface area contributed by atoms with Gasteiger partial charge in [-0.25, -0.2) is 4.79 Å². The SMILES string of the molecule is C[C@@]1(CCc2ccccc2)NC(=O)N(NC(=O)Cc2ccc(N3CCCC3=O)cc2)C1=O. The third-order valence-electron chi connectivity index (χ3n) is 5.94. The molecule has 32 heavy (non-hydrogen) atoms. The molecule has 8 heteroatoms. The van der Waals surface area contributed by atoms with Crippen molar-refractivity contribution in [3.8, 4) is 0 Å². The Bertz CT molecular complexity index is 1040. The van der Waals surface area contributed by atoms with E-state index in [1.807, 2.05) is 30.3 Å². The number of benzene rings is 2. The van der Waals surface area contributed by atoms with Gasteiger partial charge in [-0.2, -0.15) is 5.01 Å². The van der Waals surface area contributed by atoms with E-state index in [1.54, 1.807) is 36.1 Å². The van der Waals surface area contributed by atoms with Crippen LogP contribution in [0.5, 0.6) is 0 Å². The lowest BCUT2D eigenvalue weighted by Gasteiger charge is -2.21. The summed E-state index contributed by atoms with van der Waals surface area (Å²) in [5.74, 6) is -0.843. The van der Waals surface area contributed by atoms with Gasteiger partial charge in [0.15, 0.2) is 0 Å². The minimum atomic E-state index is -1.08. The minimum Gasteiger partial charge on any atom is -0.322 e. The normalized spacial score (nSPS) is 20.6. The van der Waals surface area contributed by atoms with Gasteiger partial charge in [-0.05, 0) is 49.4 Å². The zero-order chi connectivity index (χ0) is 22.7. The quantitative estimate of drug-likeness (QED) is 0.654. The molecule has 166 valence electrons. The lowest BCUT2D eigenvalue weighted by molar-refractivity contribution is -0.138. The molecule has 2 aromatic carbocycles. The molecule has 4 rings (SSSR count). The minimum absolute atomic E-state index is 0.00597. The van der Waals surface area contributed by atoms with Crippen molar-refractivity contribution < 1.29 is 19.2 Å². The Balaban J connectivity index is 1.34. The average Bonchev–Trinajstić information content (AvgIpc) is 3.30. The maximum Gasteiger partial charge on any atom is 0.344 e. The zero-order valence-electron chi connectivity index (χ0n) is 18.0. The van der Waals surface area contributed by atoms with Gasteiger partial charge in [0, 0.05) is 18.7 Å². The van der Waals surface area contributed by atoms with Crippen LogP contribution in [0, 0.1) is 0 Å². The molecule has 1 atom stereocenters. The molecule has 2 aromatic rings. The first kappa shape index (κ1) is 21.5. The number of nitrogens with zero attached hydrogens (tertiary/aromatic N) is 2. The third kappa shape index (κ3) is 4.49. The highest BCUT2D eigenvalue weighted by Gasteiger charge is 2.48. The van der Waals surface area contributed by atoms with Gasteiger partial charge in [-0.3, -0.25) is 19.8 Å². The smallest absolute Gasteiger partial charge is 0.322 e. The number of hydrazine groups is 1. The molecule has 8 nitrogen and oxygen atoms in total. The Morgan fingerprint density at radius 1 is 1.03 bits per heavy atom. The monoisotopic (exact) mass is 434 g/mol. The third-order valence-corrected chi connectivity index (χ3v) is 5.94. The maximum atomic E-state index is 12.9. The van der Waals surface area contributed by atoms with Crippen LogP contribution in [0.15, 0.2) is 54.6 Å².